The highest BCUT2D eigenvalue weighted by Crippen LogP contribution is 2.38. The number of nitrogens with zero attached hydrogens (tertiary/aromatic N) is 4. The first-order chi connectivity index (χ1) is 13.6. The summed E-state index contributed by atoms with van der Waals surface area (Å²) >= 11 is 8.14. The molecular formula is C20H19ClN6S. The first-order valence-corrected chi connectivity index (χ1v) is 10.4. The third-order valence-electron chi connectivity index (χ3n) is 4.97. The second-order valence-electron chi connectivity index (χ2n) is 6.95. The lowest BCUT2D eigenvalue weighted by atomic mass is 10.1. The van der Waals surface area contributed by atoms with Crippen LogP contribution in [-0.2, 0) is 6.42 Å². The molecule has 1 aliphatic rings. The summed E-state index contributed by atoms with van der Waals surface area (Å²) in [5.41, 5.74) is 8.71. The van der Waals surface area contributed by atoms with Crippen LogP contribution in [0.2, 0.25) is 5.02 Å². The van der Waals surface area contributed by atoms with Crippen LogP contribution in [0.3, 0.4) is 0 Å². The lowest BCUT2D eigenvalue weighted by molar-refractivity contribution is 0.514. The maximum Gasteiger partial charge on any atom is 0.196 e. The summed E-state index contributed by atoms with van der Waals surface area (Å²) in [5, 5.41) is 3.38. The van der Waals surface area contributed by atoms with E-state index < -0.39 is 0 Å². The summed E-state index contributed by atoms with van der Waals surface area (Å²) in [6.07, 6.45) is 2.62. The van der Waals surface area contributed by atoms with Gasteiger partial charge >= 0.3 is 0 Å². The average Bonchev–Trinajstić information content (AvgIpc) is 3.00. The number of nitrogens with one attached hydrogen (secondary N) is 1. The number of hydrogen-bond donors (Lipinski definition) is 2. The van der Waals surface area contributed by atoms with Crippen LogP contribution in [0.1, 0.15) is 12.6 Å². The Balaban J connectivity index is 1.58. The SMILES string of the molecule is CCc1[nH]c2nc(Sc3ccc4cccnc4c3)nc(N3CC(N)C3)c2c1Cl. The van der Waals surface area contributed by atoms with Gasteiger partial charge in [-0.2, -0.15) is 0 Å². The van der Waals surface area contributed by atoms with Crippen LogP contribution in [0.4, 0.5) is 5.82 Å². The standard InChI is InChI=1S/C20H19ClN6S/c1-2-14-17(21)16-18(24-14)25-20(26-19(16)27-9-12(22)10-27)28-13-6-5-11-4-3-7-23-15(11)8-13/h3-8,12H,2,9-10,22H2,1H3,(H,24,25,26). The molecule has 142 valence electrons. The molecule has 0 atom stereocenters. The zero-order valence-corrected chi connectivity index (χ0v) is 16.9. The number of hydrogen-bond acceptors (Lipinski definition) is 6. The molecule has 0 spiro atoms. The third-order valence-corrected chi connectivity index (χ3v) is 6.24. The quantitative estimate of drug-likeness (QED) is 0.494. The zero-order chi connectivity index (χ0) is 19.3. The number of anilines is 1. The highest BCUT2D eigenvalue weighted by atomic mass is 35.5. The van der Waals surface area contributed by atoms with E-state index in [9.17, 15) is 0 Å². The van der Waals surface area contributed by atoms with E-state index in [1.54, 1.807) is 6.20 Å². The van der Waals surface area contributed by atoms with Gasteiger partial charge < -0.3 is 15.6 Å². The largest absolute Gasteiger partial charge is 0.353 e. The molecule has 4 heterocycles. The van der Waals surface area contributed by atoms with Crippen molar-refractivity contribution in [2.24, 2.45) is 5.73 Å². The van der Waals surface area contributed by atoms with E-state index in [0.717, 1.165) is 57.9 Å². The van der Waals surface area contributed by atoms with Crippen LogP contribution in [-0.4, -0.2) is 39.1 Å². The number of pyridine rings is 1. The van der Waals surface area contributed by atoms with Gasteiger partial charge in [-0.05, 0) is 36.4 Å². The van der Waals surface area contributed by atoms with Crippen molar-refractivity contribution in [3.05, 3.63) is 47.2 Å². The molecule has 4 aromatic rings. The number of nitrogens with two attached hydrogens (primary N) is 1. The van der Waals surface area contributed by atoms with Crippen LogP contribution < -0.4 is 10.6 Å². The van der Waals surface area contributed by atoms with E-state index in [-0.39, 0.29) is 6.04 Å². The van der Waals surface area contributed by atoms with Gasteiger partial charge in [0.25, 0.3) is 0 Å². The molecule has 0 bridgehead atoms. The Hall–Kier alpha value is -2.35. The van der Waals surface area contributed by atoms with E-state index in [1.807, 2.05) is 6.07 Å². The molecule has 0 aliphatic carbocycles. The van der Waals surface area contributed by atoms with Crippen molar-refractivity contribution in [1.29, 1.82) is 0 Å². The summed E-state index contributed by atoms with van der Waals surface area (Å²) < 4.78 is 0. The second kappa shape index (κ2) is 6.92. The summed E-state index contributed by atoms with van der Waals surface area (Å²) in [4.78, 5) is 20.6. The van der Waals surface area contributed by atoms with Crippen molar-refractivity contribution < 1.29 is 0 Å². The van der Waals surface area contributed by atoms with Crippen molar-refractivity contribution in [3.63, 3.8) is 0 Å². The average molecular weight is 411 g/mol. The van der Waals surface area contributed by atoms with E-state index in [1.165, 1.54) is 11.8 Å². The number of H-pyrrole nitrogens is 1. The molecule has 0 unspecified atom stereocenters. The molecule has 5 rings (SSSR count). The Morgan fingerprint density at radius 3 is 2.93 bits per heavy atom. The van der Waals surface area contributed by atoms with Crippen molar-refractivity contribution in [2.75, 3.05) is 18.0 Å². The van der Waals surface area contributed by atoms with Gasteiger partial charge in [0.05, 0.1) is 15.9 Å². The Kier molecular flexibility index (Phi) is 4.38. The number of aromatic amines is 1. The lowest BCUT2D eigenvalue weighted by Gasteiger charge is -2.38. The van der Waals surface area contributed by atoms with Gasteiger partial charge in [-0.3, -0.25) is 4.98 Å². The minimum atomic E-state index is 0.177. The molecule has 0 saturated carbocycles. The number of fused-ring (bicyclic) bond motifs is 2. The van der Waals surface area contributed by atoms with Crippen LogP contribution >= 0.6 is 23.4 Å². The highest BCUT2D eigenvalue weighted by Gasteiger charge is 2.29. The Bertz CT molecular complexity index is 1180. The first kappa shape index (κ1) is 17.7. The molecule has 0 amide bonds. The molecule has 3 aromatic heterocycles. The Labute approximate surface area is 171 Å². The van der Waals surface area contributed by atoms with E-state index in [2.05, 4.69) is 46.1 Å². The van der Waals surface area contributed by atoms with E-state index in [0.29, 0.717) is 10.2 Å². The lowest BCUT2D eigenvalue weighted by Crippen LogP contribution is -2.56. The zero-order valence-electron chi connectivity index (χ0n) is 15.3. The number of aromatic nitrogens is 4. The maximum absolute atomic E-state index is 6.62. The van der Waals surface area contributed by atoms with Crippen molar-refractivity contribution >= 4 is 51.1 Å². The van der Waals surface area contributed by atoms with Gasteiger partial charge in [0.1, 0.15) is 11.5 Å². The highest BCUT2D eigenvalue weighted by molar-refractivity contribution is 7.99. The molecule has 3 N–H and O–H groups in total. The molecule has 1 aliphatic heterocycles. The van der Waals surface area contributed by atoms with Crippen LogP contribution in [0.5, 0.6) is 0 Å². The number of aryl methyl sites for hydroxylation is 1. The van der Waals surface area contributed by atoms with Gasteiger partial charge in [0.15, 0.2) is 5.16 Å². The van der Waals surface area contributed by atoms with Crippen LogP contribution in [0.15, 0.2) is 46.6 Å². The second-order valence-corrected chi connectivity index (χ2v) is 8.37. The number of rotatable bonds is 4. The van der Waals surface area contributed by atoms with E-state index in [4.69, 9.17) is 27.3 Å². The normalized spacial score (nSPS) is 14.8. The molecule has 1 aromatic carbocycles. The summed E-state index contributed by atoms with van der Waals surface area (Å²) in [6, 6.07) is 10.4. The minimum Gasteiger partial charge on any atom is -0.353 e. The van der Waals surface area contributed by atoms with Crippen LogP contribution in [0.25, 0.3) is 21.9 Å². The fraction of sp³-hybridized carbons (Fsp3) is 0.250. The van der Waals surface area contributed by atoms with Crippen LogP contribution in [0, 0.1) is 0 Å². The van der Waals surface area contributed by atoms with Gasteiger partial charge in [0, 0.05) is 41.3 Å². The predicted octanol–water partition coefficient (Wildman–Crippen LogP) is 4.02. The summed E-state index contributed by atoms with van der Waals surface area (Å²) in [6.45, 7) is 3.62. The monoisotopic (exact) mass is 410 g/mol. The minimum absolute atomic E-state index is 0.177. The van der Waals surface area contributed by atoms with Crippen molar-refractivity contribution in [3.8, 4) is 0 Å². The molecule has 28 heavy (non-hydrogen) atoms. The molecular weight excluding hydrogens is 392 g/mol. The van der Waals surface area contributed by atoms with Gasteiger partial charge in [-0.1, -0.05) is 30.7 Å². The smallest absolute Gasteiger partial charge is 0.196 e. The molecule has 8 heteroatoms. The topological polar surface area (TPSA) is 83.7 Å². The van der Waals surface area contributed by atoms with Gasteiger partial charge in [0.2, 0.25) is 0 Å². The molecule has 0 radical (unpaired) electrons. The predicted molar refractivity (Wildman–Crippen MR) is 114 cm³/mol. The molecule has 1 fully saturated rings. The van der Waals surface area contributed by atoms with Gasteiger partial charge in [-0.25, -0.2) is 9.97 Å². The number of halogens is 1. The van der Waals surface area contributed by atoms with Crippen molar-refractivity contribution in [2.45, 2.75) is 29.4 Å². The third kappa shape index (κ3) is 2.99. The molecule has 6 nitrogen and oxygen atoms in total. The summed E-state index contributed by atoms with van der Waals surface area (Å²) in [7, 11) is 0. The van der Waals surface area contributed by atoms with Gasteiger partial charge in [-0.15, -0.1) is 0 Å². The Morgan fingerprint density at radius 2 is 2.14 bits per heavy atom. The van der Waals surface area contributed by atoms with Crippen molar-refractivity contribution in [1.82, 2.24) is 19.9 Å². The fourth-order valence-electron chi connectivity index (χ4n) is 3.49. The fourth-order valence-corrected chi connectivity index (χ4v) is 4.63. The Morgan fingerprint density at radius 1 is 1.29 bits per heavy atom. The summed E-state index contributed by atoms with van der Waals surface area (Å²) in [5.74, 6) is 0.856. The maximum atomic E-state index is 6.62. The first-order valence-electron chi connectivity index (χ1n) is 9.23. The molecule has 1 saturated heterocycles. The number of benzene rings is 1. The van der Waals surface area contributed by atoms with E-state index >= 15 is 0 Å².